The van der Waals surface area contributed by atoms with Crippen molar-refractivity contribution >= 4 is 46.6 Å². The zero-order chi connectivity index (χ0) is 28.2. The Kier molecular flexibility index (Phi) is 6.96. The van der Waals surface area contributed by atoms with Gasteiger partial charge in [-0.3, -0.25) is 14.4 Å². The van der Waals surface area contributed by atoms with Gasteiger partial charge in [0.15, 0.2) is 0 Å². The maximum atomic E-state index is 14.4. The average Bonchev–Trinajstić information content (AvgIpc) is 3.52. The van der Waals surface area contributed by atoms with Crippen LogP contribution in [0, 0.1) is 11.8 Å². The molecule has 2 aromatic rings. The van der Waals surface area contributed by atoms with Gasteiger partial charge in [0, 0.05) is 11.7 Å². The van der Waals surface area contributed by atoms with E-state index in [4.69, 9.17) is 27.9 Å². The lowest BCUT2D eigenvalue weighted by Crippen LogP contribution is -2.57. The number of carbonyl (C=O) groups excluding carboxylic acids is 3. The topological polar surface area (TPSA) is 87.7 Å². The van der Waals surface area contributed by atoms with Crippen LogP contribution in [0.15, 0.2) is 60.7 Å². The third-order valence-corrected chi connectivity index (χ3v) is 9.84. The molecular weight excluding hydrogens is 549 g/mol. The van der Waals surface area contributed by atoms with Crippen LogP contribution in [-0.2, 0) is 19.1 Å². The van der Waals surface area contributed by atoms with Gasteiger partial charge in [-0.2, -0.15) is 0 Å². The zero-order valence-corrected chi connectivity index (χ0v) is 24.0. The molecule has 0 aromatic heterocycles. The Morgan fingerprint density at radius 1 is 1.00 bits per heavy atom. The molecule has 3 amide bonds. The number of carbonyl (C=O) groups is 3. The summed E-state index contributed by atoms with van der Waals surface area (Å²) in [5.41, 5.74) is -0.932. The van der Waals surface area contributed by atoms with Crippen LogP contribution in [0.3, 0.4) is 0 Å². The van der Waals surface area contributed by atoms with Gasteiger partial charge >= 0.3 is 0 Å². The average molecular weight is 583 g/mol. The van der Waals surface area contributed by atoms with Crippen molar-refractivity contribution in [3.8, 4) is 0 Å². The summed E-state index contributed by atoms with van der Waals surface area (Å²) in [6.07, 6.45) is 8.82. The molecule has 6 atom stereocenters. The number of nitrogens with one attached hydrogen (secondary N) is 2. The molecule has 4 aliphatic rings. The summed E-state index contributed by atoms with van der Waals surface area (Å²) in [6, 6.07) is 13.2. The monoisotopic (exact) mass is 581 g/mol. The number of likely N-dealkylation sites (tertiary alicyclic amines) is 1. The number of amides is 3. The second-order valence-electron chi connectivity index (χ2n) is 11.6. The fourth-order valence-electron chi connectivity index (χ4n) is 7.20. The lowest BCUT2D eigenvalue weighted by molar-refractivity contribution is -0.146. The number of hydrogen-bond donors (Lipinski definition) is 2. The predicted octanol–water partition coefficient (Wildman–Crippen LogP) is 5.68. The van der Waals surface area contributed by atoms with Gasteiger partial charge in [0.2, 0.25) is 17.7 Å². The van der Waals surface area contributed by atoms with Gasteiger partial charge in [0.25, 0.3) is 0 Å². The first-order valence-corrected chi connectivity index (χ1v) is 14.7. The van der Waals surface area contributed by atoms with E-state index in [-0.39, 0.29) is 23.8 Å². The molecule has 3 aliphatic heterocycles. The van der Waals surface area contributed by atoms with E-state index in [0.717, 1.165) is 37.7 Å². The van der Waals surface area contributed by atoms with Crippen molar-refractivity contribution in [2.45, 2.75) is 75.3 Å². The summed E-state index contributed by atoms with van der Waals surface area (Å²) in [7, 11) is 0. The Morgan fingerprint density at radius 3 is 2.42 bits per heavy atom. The van der Waals surface area contributed by atoms with Crippen LogP contribution in [0.2, 0.25) is 10.0 Å². The normalized spacial score (nSPS) is 31.8. The Labute approximate surface area is 244 Å². The van der Waals surface area contributed by atoms with Gasteiger partial charge in [0.05, 0.1) is 33.5 Å². The van der Waals surface area contributed by atoms with Crippen LogP contribution < -0.4 is 10.6 Å². The second kappa shape index (κ2) is 10.2. The standard InChI is InChI=1S/C31H33Cl2N3O4/c1-18(19-9-5-3-6-10-19)36-26(28(38)34-20-11-7-4-8-12-20)31-16-15-30(2,40-31)24(25(31)29(36)39)27(37)35-21-13-14-22(32)23(33)17-21/h3,5-6,9-10,13-18,20,24-26H,4,7-8,11-12H2,1-2H3,(H,34,38)(H,35,37)/t18-,24+,25+,26-,30+,31+/m1/s1. The minimum atomic E-state index is -1.26. The van der Waals surface area contributed by atoms with Crippen LogP contribution in [0.1, 0.15) is 57.6 Å². The quantitative estimate of drug-likeness (QED) is 0.429. The maximum absolute atomic E-state index is 14.4. The molecule has 1 spiro atoms. The van der Waals surface area contributed by atoms with Gasteiger partial charge in [-0.1, -0.05) is 84.9 Å². The van der Waals surface area contributed by atoms with E-state index in [2.05, 4.69) is 10.6 Å². The first-order valence-electron chi connectivity index (χ1n) is 14.0. The zero-order valence-electron chi connectivity index (χ0n) is 22.5. The lowest BCUT2D eigenvalue weighted by atomic mass is 9.70. The summed E-state index contributed by atoms with van der Waals surface area (Å²) in [6.45, 7) is 3.73. The summed E-state index contributed by atoms with van der Waals surface area (Å²) in [5.74, 6) is -2.57. The minimum Gasteiger partial charge on any atom is -0.356 e. The first kappa shape index (κ1) is 27.3. The number of hydrogen-bond acceptors (Lipinski definition) is 4. The Balaban J connectivity index is 1.38. The third-order valence-electron chi connectivity index (χ3n) is 9.10. The molecule has 2 aromatic carbocycles. The number of anilines is 1. The summed E-state index contributed by atoms with van der Waals surface area (Å²) in [5, 5.41) is 6.84. The number of fused-ring (bicyclic) bond motifs is 1. The Bertz CT molecular complexity index is 1380. The van der Waals surface area contributed by atoms with Crippen molar-refractivity contribution in [1.29, 1.82) is 0 Å². The summed E-state index contributed by atoms with van der Waals surface area (Å²) >= 11 is 12.2. The van der Waals surface area contributed by atoms with E-state index >= 15 is 0 Å². The van der Waals surface area contributed by atoms with Crippen molar-refractivity contribution in [2.24, 2.45) is 11.8 Å². The van der Waals surface area contributed by atoms with Gasteiger partial charge in [-0.25, -0.2) is 0 Å². The smallest absolute Gasteiger partial charge is 0.246 e. The van der Waals surface area contributed by atoms with Crippen molar-refractivity contribution in [2.75, 3.05) is 5.32 Å². The molecule has 2 bridgehead atoms. The fraction of sp³-hybridized carbons (Fsp3) is 0.452. The number of benzene rings is 2. The van der Waals surface area contributed by atoms with E-state index in [1.807, 2.05) is 56.3 Å². The van der Waals surface area contributed by atoms with Crippen molar-refractivity contribution < 1.29 is 19.1 Å². The van der Waals surface area contributed by atoms with Crippen molar-refractivity contribution in [3.05, 3.63) is 76.3 Å². The van der Waals surface area contributed by atoms with Gasteiger partial charge < -0.3 is 20.3 Å². The molecule has 1 saturated carbocycles. The van der Waals surface area contributed by atoms with Crippen molar-refractivity contribution in [1.82, 2.24) is 10.2 Å². The van der Waals surface area contributed by atoms with E-state index in [0.29, 0.717) is 15.7 Å². The second-order valence-corrected chi connectivity index (χ2v) is 12.4. The summed E-state index contributed by atoms with van der Waals surface area (Å²) in [4.78, 5) is 44.0. The van der Waals surface area contributed by atoms with Crippen LogP contribution in [0.25, 0.3) is 0 Å². The molecule has 3 fully saturated rings. The maximum Gasteiger partial charge on any atom is 0.246 e. The van der Waals surface area contributed by atoms with E-state index < -0.39 is 35.1 Å². The summed E-state index contributed by atoms with van der Waals surface area (Å²) < 4.78 is 6.65. The molecular formula is C31H33Cl2N3O4. The molecule has 2 N–H and O–H groups in total. The number of ether oxygens (including phenoxy) is 1. The van der Waals surface area contributed by atoms with Crippen LogP contribution in [-0.4, -0.2) is 45.9 Å². The van der Waals surface area contributed by atoms with Gasteiger partial charge in [-0.15, -0.1) is 0 Å². The highest BCUT2D eigenvalue weighted by atomic mass is 35.5. The Hall–Kier alpha value is -2.87. The number of rotatable bonds is 6. The van der Waals surface area contributed by atoms with E-state index in [1.54, 1.807) is 23.1 Å². The molecule has 1 aliphatic carbocycles. The molecule has 6 rings (SSSR count). The molecule has 7 nitrogen and oxygen atoms in total. The highest BCUT2D eigenvalue weighted by molar-refractivity contribution is 6.42. The highest BCUT2D eigenvalue weighted by Gasteiger charge is 2.76. The molecule has 0 unspecified atom stereocenters. The van der Waals surface area contributed by atoms with Gasteiger partial charge in [0.1, 0.15) is 11.6 Å². The lowest BCUT2D eigenvalue weighted by Gasteiger charge is -2.37. The first-order chi connectivity index (χ1) is 19.1. The third kappa shape index (κ3) is 4.34. The number of halogens is 2. The molecule has 2 saturated heterocycles. The minimum absolute atomic E-state index is 0.0626. The molecule has 40 heavy (non-hydrogen) atoms. The fourth-order valence-corrected chi connectivity index (χ4v) is 7.50. The SMILES string of the molecule is C[C@H](c1ccccc1)N1C(=O)[C@@H]2[C@@H](C(=O)Nc3ccc(Cl)c(Cl)c3)[C@]3(C)C=C[C@@]2(O3)[C@H]1C(=O)NC1CCCCC1. The van der Waals surface area contributed by atoms with Gasteiger partial charge in [-0.05, 0) is 50.5 Å². The molecule has 0 radical (unpaired) electrons. The highest BCUT2D eigenvalue weighted by Crippen LogP contribution is 2.61. The predicted molar refractivity (Wildman–Crippen MR) is 154 cm³/mol. The van der Waals surface area contributed by atoms with Crippen LogP contribution >= 0.6 is 23.2 Å². The molecule has 9 heteroatoms. The van der Waals surface area contributed by atoms with Crippen LogP contribution in [0.5, 0.6) is 0 Å². The Morgan fingerprint density at radius 2 is 1.73 bits per heavy atom. The largest absolute Gasteiger partial charge is 0.356 e. The van der Waals surface area contributed by atoms with Crippen LogP contribution in [0.4, 0.5) is 5.69 Å². The van der Waals surface area contributed by atoms with E-state index in [1.165, 1.54) is 0 Å². The van der Waals surface area contributed by atoms with E-state index in [9.17, 15) is 14.4 Å². The number of nitrogens with zero attached hydrogens (tertiary/aromatic N) is 1. The molecule has 3 heterocycles. The van der Waals surface area contributed by atoms with Crippen molar-refractivity contribution in [3.63, 3.8) is 0 Å². The molecule has 210 valence electrons.